The van der Waals surface area contributed by atoms with Crippen LogP contribution in [-0.4, -0.2) is 84.2 Å². The number of rotatable bonds is 9. The van der Waals surface area contributed by atoms with Crippen molar-refractivity contribution in [1.29, 1.82) is 0 Å². The van der Waals surface area contributed by atoms with Gasteiger partial charge in [0.25, 0.3) is 0 Å². The SMILES string of the molecule is CCc1ccc(C2Oc3cc(-c4cnc([C@@H]5CCCN5C(=O)[C@@H](NC(=O)OC)C(C)C)[nH]4)cc(F)c3-c3cc4cc(-c5cnc(C6CCCN6C(=O)OC(C)(C)C)[nH]5)ccc4n32)s1. The Kier molecular flexibility index (Phi) is 11.1. The number of hydrogen-bond acceptors (Lipinski definition) is 9. The van der Waals surface area contributed by atoms with Gasteiger partial charge in [-0.05, 0) is 101 Å². The molecule has 3 amide bonds. The third kappa shape index (κ3) is 7.93. The maximum absolute atomic E-state index is 16.8. The van der Waals surface area contributed by atoms with Gasteiger partial charge in [0, 0.05) is 34.5 Å². The molecular weight excluding hydrogens is 824 g/mol. The highest BCUT2D eigenvalue weighted by Gasteiger charge is 2.39. The molecule has 3 aliphatic heterocycles. The average Bonchev–Trinajstić information content (AvgIpc) is 4.11. The molecule has 4 atom stereocenters. The number of methoxy groups -OCH3 is 1. The first kappa shape index (κ1) is 42.2. The lowest BCUT2D eigenvalue weighted by Crippen LogP contribution is -2.51. The lowest BCUT2D eigenvalue weighted by atomic mass is 10.0. The van der Waals surface area contributed by atoms with Crippen LogP contribution >= 0.6 is 11.3 Å². The van der Waals surface area contributed by atoms with Crippen molar-refractivity contribution in [3.63, 3.8) is 0 Å². The number of amides is 3. The monoisotopic (exact) mass is 876 g/mol. The van der Waals surface area contributed by atoms with Gasteiger partial charge in [-0.3, -0.25) is 14.3 Å². The predicted molar refractivity (Wildman–Crippen MR) is 238 cm³/mol. The van der Waals surface area contributed by atoms with E-state index >= 15 is 4.39 Å². The molecule has 330 valence electrons. The Morgan fingerprint density at radius 2 is 1.62 bits per heavy atom. The Hall–Kier alpha value is -6.16. The number of H-pyrrole nitrogens is 2. The largest absolute Gasteiger partial charge is 0.464 e. The molecule has 0 saturated carbocycles. The second kappa shape index (κ2) is 16.5. The molecule has 4 aromatic heterocycles. The number of halogens is 1. The molecule has 2 unspecified atom stereocenters. The number of imidazole rings is 2. The number of benzene rings is 2. The molecule has 2 aromatic carbocycles. The zero-order valence-electron chi connectivity index (χ0n) is 36.6. The van der Waals surface area contributed by atoms with Gasteiger partial charge in [0.1, 0.15) is 34.9 Å². The second-order valence-electron chi connectivity index (χ2n) is 17.9. The minimum atomic E-state index is -0.759. The molecule has 0 radical (unpaired) electrons. The molecule has 16 heteroatoms. The smallest absolute Gasteiger partial charge is 0.410 e. The molecule has 9 rings (SSSR count). The van der Waals surface area contributed by atoms with E-state index in [4.69, 9.17) is 24.2 Å². The quantitative estimate of drug-likeness (QED) is 0.129. The number of carbonyl (C=O) groups is 3. The molecule has 2 fully saturated rings. The standard InChI is InChI=1S/C47H53FN8O6S/c1-8-29-14-16-38(63-29)44-56-33-15-13-26(31-23-49-42(51-31)35-12-10-18-55(35)46(59)62-47(4,5)6)19-28(33)21-36(56)39-30(48)20-27(22-37(39)61-44)32-24-50-41(52-32)34-11-9-17-54(34)43(57)40(25(2)3)53-45(58)60-7/h13-16,19-25,34-35,40,44H,8-12,17-18H2,1-7H3,(H,49,51)(H,50,52)(H,53,58)/t34-,35?,40-,44?/m0/s1. The summed E-state index contributed by atoms with van der Waals surface area (Å²) < 4.78 is 36.2. The maximum Gasteiger partial charge on any atom is 0.410 e. The number of nitrogens with one attached hydrogen (secondary N) is 3. The number of fused-ring (bicyclic) bond motifs is 5. The summed E-state index contributed by atoms with van der Waals surface area (Å²) in [4.78, 5) is 60.9. The first-order chi connectivity index (χ1) is 30.2. The highest BCUT2D eigenvalue weighted by Crippen LogP contribution is 2.48. The van der Waals surface area contributed by atoms with E-state index in [2.05, 4.69) is 45.0 Å². The Morgan fingerprint density at radius 3 is 2.27 bits per heavy atom. The van der Waals surface area contributed by atoms with Crippen LogP contribution in [0.2, 0.25) is 0 Å². The van der Waals surface area contributed by atoms with Crippen molar-refractivity contribution in [3.8, 4) is 39.5 Å². The molecule has 2 saturated heterocycles. The number of aromatic amines is 2. The van der Waals surface area contributed by atoms with Crippen molar-refractivity contribution in [2.24, 2.45) is 5.92 Å². The summed E-state index contributed by atoms with van der Waals surface area (Å²) >= 11 is 1.67. The first-order valence-electron chi connectivity index (χ1n) is 21.7. The van der Waals surface area contributed by atoms with Crippen LogP contribution < -0.4 is 10.1 Å². The van der Waals surface area contributed by atoms with E-state index in [0.29, 0.717) is 59.4 Å². The van der Waals surface area contributed by atoms with Crippen molar-refractivity contribution < 1.29 is 33.0 Å². The van der Waals surface area contributed by atoms with Crippen LogP contribution in [0.1, 0.15) is 107 Å². The van der Waals surface area contributed by atoms with Crippen LogP contribution in [0, 0.1) is 11.7 Å². The molecule has 7 heterocycles. The van der Waals surface area contributed by atoms with E-state index in [1.807, 2.05) is 58.9 Å². The van der Waals surface area contributed by atoms with Crippen LogP contribution in [0.15, 0.2) is 60.9 Å². The Labute approximate surface area is 369 Å². The number of likely N-dealkylation sites (tertiary alicyclic amines) is 2. The summed E-state index contributed by atoms with van der Waals surface area (Å²) in [5.41, 5.74) is 4.20. The van der Waals surface area contributed by atoms with Gasteiger partial charge in [0.05, 0.1) is 64.6 Å². The number of thiophene rings is 1. The van der Waals surface area contributed by atoms with Gasteiger partial charge in [0.15, 0.2) is 0 Å². The number of ether oxygens (including phenoxy) is 3. The summed E-state index contributed by atoms with van der Waals surface area (Å²) in [6.07, 6.45) is 5.88. The number of aromatic nitrogens is 5. The highest BCUT2D eigenvalue weighted by atomic mass is 32.1. The van der Waals surface area contributed by atoms with Gasteiger partial charge in [0.2, 0.25) is 12.1 Å². The zero-order chi connectivity index (χ0) is 44.3. The minimum Gasteiger partial charge on any atom is -0.464 e. The van der Waals surface area contributed by atoms with E-state index in [0.717, 1.165) is 52.7 Å². The zero-order valence-corrected chi connectivity index (χ0v) is 37.4. The maximum atomic E-state index is 16.8. The topological polar surface area (TPSA) is 160 Å². The molecule has 0 bridgehead atoms. The van der Waals surface area contributed by atoms with Gasteiger partial charge < -0.3 is 34.4 Å². The van der Waals surface area contributed by atoms with E-state index in [1.54, 1.807) is 33.5 Å². The van der Waals surface area contributed by atoms with Gasteiger partial charge in [-0.2, -0.15) is 0 Å². The number of aryl methyl sites for hydroxylation is 1. The molecule has 14 nitrogen and oxygen atoms in total. The second-order valence-corrected chi connectivity index (χ2v) is 19.1. The minimum absolute atomic E-state index is 0.165. The molecule has 63 heavy (non-hydrogen) atoms. The third-order valence-corrected chi connectivity index (χ3v) is 13.4. The number of hydrogen-bond donors (Lipinski definition) is 3. The van der Waals surface area contributed by atoms with Crippen LogP contribution in [0.5, 0.6) is 5.75 Å². The van der Waals surface area contributed by atoms with Crippen molar-refractivity contribution in [2.45, 2.75) is 104 Å². The lowest BCUT2D eigenvalue weighted by molar-refractivity contribution is -0.135. The lowest BCUT2D eigenvalue weighted by Gasteiger charge is -2.30. The van der Waals surface area contributed by atoms with Gasteiger partial charge in [-0.1, -0.05) is 26.8 Å². The predicted octanol–water partition coefficient (Wildman–Crippen LogP) is 9.91. The van der Waals surface area contributed by atoms with Gasteiger partial charge >= 0.3 is 12.2 Å². The molecule has 0 aliphatic carbocycles. The van der Waals surface area contributed by atoms with Crippen LogP contribution in [0.3, 0.4) is 0 Å². The molecule has 3 aliphatic rings. The van der Waals surface area contributed by atoms with E-state index < -0.39 is 29.8 Å². The van der Waals surface area contributed by atoms with Crippen molar-refractivity contribution in [1.82, 2.24) is 39.6 Å². The van der Waals surface area contributed by atoms with Crippen molar-refractivity contribution in [2.75, 3.05) is 20.2 Å². The van der Waals surface area contributed by atoms with Crippen molar-refractivity contribution in [3.05, 3.63) is 88.1 Å². The first-order valence-corrected chi connectivity index (χ1v) is 22.5. The molecule has 0 spiro atoms. The fourth-order valence-electron chi connectivity index (χ4n) is 9.09. The fraction of sp³-hybridized carbons (Fsp3) is 0.426. The summed E-state index contributed by atoms with van der Waals surface area (Å²) in [7, 11) is 1.27. The molecule has 6 aromatic rings. The average molecular weight is 877 g/mol. The Bertz CT molecular complexity index is 2710. The summed E-state index contributed by atoms with van der Waals surface area (Å²) in [5.74, 6) is 0.883. The Balaban J connectivity index is 1.04. The third-order valence-electron chi connectivity index (χ3n) is 12.1. The van der Waals surface area contributed by atoms with Crippen molar-refractivity contribution >= 4 is 40.3 Å². The number of carbonyl (C=O) groups excluding carboxylic acids is 3. The summed E-state index contributed by atoms with van der Waals surface area (Å²) in [5, 5.41) is 3.59. The number of alkyl carbamates (subject to hydrolysis) is 1. The van der Waals surface area contributed by atoms with E-state index in [1.165, 1.54) is 18.1 Å². The van der Waals surface area contributed by atoms with E-state index in [-0.39, 0.29) is 30.0 Å². The van der Waals surface area contributed by atoms with Crippen LogP contribution in [0.4, 0.5) is 14.0 Å². The number of nitrogens with zero attached hydrogens (tertiary/aromatic N) is 5. The molecular formula is C47H53FN8O6S. The Morgan fingerprint density at radius 1 is 0.937 bits per heavy atom. The summed E-state index contributed by atoms with van der Waals surface area (Å²) in [6, 6.07) is 14.4. The van der Waals surface area contributed by atoms with Crippen LogP contribution in [0.25, 0.3) is 44.7 Å². The molecule has 3 N–H and O–H groups in total. The van der Waals surface area contributed by atoms with Crippen LogP contribution in [-0.2, 0) is 20.7 Å². The highest BCUT2D eigenvalue weighted by molar-refractivity contribution is 7.12. The summed E-state index contributed by atoms with van der Waals surface area (Å²) in [6.45, 7) is 12.6. The fourth-order valence-corrected chi connectivity index (χ4v) is 10.1. The van der Waals surface area contributed by atoms with Gasteiger partial charge in [-0.15, -0.1) is 11.3 Å². The van der Waals surface area contributed by atoms with Gasteiger partial charge in [-0.25, -0.2) is 23.9 Å². The normalized spacial score (nSPS) is 19.0. The van der Waals surface area contributed by atoms with E-state index in [9.17, 15) is 14.4 Å².